The summed E-state index contributed by atoms with van der Waals surface area (Å²) in [5.41, 5.74) is 0. The molecule has 0 radical (unpaired) electrons. The van der Waals surface area contributed by atoms with Crippen LogP contribution in [0.15, 0.2) is 0 Å². The predicted molar refractivity (Wildman–Crippen MR) is 209 cm³/mol. The number of carbonyl (C=O) groups excluding carboxylic acids is 3. The largest absolute Gasteiger partial charge is 0.508 e. The first-order chi connectivity index (χ1) is 25.4. The van der Waals surface area contributed by atoms with E-state index in [9.17, 15) is 14.4 Å². The lowest BCUT2D eigenvalue weighted by Gasteiger charge is -2.22. The minimum Gasteiger partial charge on any atom is -0.434 e. The molecule has 0 fully saturated rings. The van der Waals surface area contributed by atoms with Gasteiger partial charge in [-0.05, 0) is 37.5 Å². The van der Waals surface area contributed by atoms with Crippen LogP contribution in [0.3, 0.4) is 0 Å². The zero-order chi connectivity index (χ0) is 38.3. The van der Waals surface area contributed by atoms with Crippen LogP contribution in [-0.4, -0.2) is 101 Å². The summed E-state index contributed by atoms with van der Waals surface area (Å²) in [6, 6.07) is 0. The average Bonchev–Trinajstić information content (AvgIpc) is 3.14. The fourth-order valence-electron chi connectivity index (χ4n) is 6.14. The minimum atomic E-state index is -0.665. The third kappa shape index (κ3) is 33.7. The van der Waals surface area contributed by atoms with Crippen molar-refractivity contribution >= 4 is 18.2 Å². The molecule has 0 spiro atoms. The highest BCUT2D eigenvalue weighted by atomic mass is 16.7. The maximum Gasteiger partial charge on any atom is 0.508 e. The summed E-state index contributed by atoms with van der Waals surface area (Å²) in [5, 5.41) is 11.7. The molecule has 0 aromatic carbocycles. The zero-order valence-corrected chi connectivity index (χ0v) is 33.9. The number of rotatable bonds is 38. The third-order valence-electron chi connectivity index (χ3n) is 9.45. The SMILES string of the molecule is CCCCCCC(CCCCCC)COC(=O)OCCN(CCNC(=O)CCOCCO)CCOC(=O)OCC(CCCCCC)CCCCCC. The van der Waals surface area contributed by atoms with Crippen molar-refractivity contribution in [1.29, 1.82) is 0 Å². The zero-order valence-electron chi connectivity index (χ0n) is 33.9. The van der Waals surface area contributed by atoms with Crippen LogP contribution >= 0.6 is 0 Å². The van der Waals surface area contributed by atoms with Crippen molar-refractivity contribution < 1.29 is 43.2 Å². The Labute approximate surface area is 317 Å². The number of nitrogens with zero attached hydrogens (tertiary/aromatic N) is 1. The average molecular weight is 745 g/mol. The van der Waals surface area contributed by atoms with Gasteiger partial charge in [0.1, 0.15) is 13.2 Å². The Morgan fingerprint density at radius 2 is 0.962 bits per heavy atom. The summed E-state index contributed by atoms with van der Waals surface area (Å²) in [4.78, 5) is 39.2. The van der Waals surface area contributed by atoms with Crippen LogP contribution in [-0.2, 0) is 28.5 Å². The highest BCUT2D eigenvalue weighted by Gasteiger charge is 2.16. The standard InChI is InChI=1S/C41H80N2O9/c1-5-9-13-17-21-37(22-18-14-10-6-2)35-51-40(46)49-32-28-43(27-26-42-39(45)25-31-48-34-30-44)29-33-50-41(47)52-36-38(23-19-15-11-7-3)24-20-16-12-8-4/h37-38,44H,5-36H2,1-4H3,(H,42,45). The van der Waals surface area contributed by atoms with Crippen LogP contribution in [0.2, 0.25) is 0 Å². The molecule has 11 nitrogen and oxygen atoms in total. The second-order valence-corrected chi connectivity index (χ2v) is 14.2. The van der Waals surface area contributed by atoms with Gasteiger partial charge < -0.3 is 34.1 Å². The fraction of sp³-hybridized carbons (Fsp3) is 0.927. The van der Waals surface area contributed by atoms with Gasteiger partial charge in [0.05, 0.1) is 33.0 Å². The fourth-order valence-corrected chi connectivity index (χ4v) is 6.14. The lowest BCUT2D eigenvalue weighted by molar-refractivity contribution is -0.122. The maximum absolute atomic E-state index is 12.5. The molecule has 0 aromatic heterocycles. The second-order valence-electron chi connectivity index (χ2n) is 14.2. The van der Waals surface area contributed by atoms with E-state index in [1.165, 1.54) is 77.0 Å². The lowest BCUT2D eigenvalue weighted by Crippen LogP contribution is -2.39. The van der Waals surface area contributed by atoms with E-state index in [1.807, 2.05) is 4.90 Å². The molecule has 11 heteroatoms. The number of aliphatic hydroxyl groups is 1. The topological polar surface area (TPSA) is 133 Å². The smallest absolute Gasteiger partial charge is 0.434 e. The number of aliphatic hydroxyl groups excluding tert-OH is 1. The van der Waals surface area contributed by atoms with Gasteiger partial charge in [-0.3, -0.25) is 9.69 Å². The van der Waals surface area contributed by atoms with E-state index in [1.54, 1.807) is 0 Å². The van der Waals surface area contributed by atoms with E-state index in [-0.39, 0.29) is 45.4 Å². The van der Waals surface area contributed by atoms with Gasteiger partial charge in [-0.25, -0.2) is 9.59 Å². The number of nitrogens with one attached hydrogen (secondary N) is 1. The summed E-state index contributed by atoms with van der Waals surface area (Å²) in [5.74, 6) is 0.546. The van der Waals surface area contributed by atoms with E-state index in [2.05, 4.69) is 33.0 Å². The van der Waals surface area contributed by atoms with Crippen molar-refractivity contribution in [2.45, 2.75) is 163 Å². The van der Waals surface area contributed by atoms with Crippen molar-refractivity contribution in [2.24, 2.45) is 11.8 Å². The molecule has 0 aromatic rings. The first-order valence-electron chi connectivity index (χ1n) is 21.2. The number of carbonyl (C=O) groups is 3. The van der Waals surface area contributed by atoms with Crippen LogP contribution in [0.25, 0.3) is 0 Å². The summed E-state index contributed by atoms with van der Waals surface area (Å²) < 4.78 is 27.2. The van der Waals surface area contributed by atoms with Crippen LogP contribution < -0.4 is 5.32 Å². The maximum atomic E-state index is 12.5. The first-order valence-corrected chi connectivity index (χ1v) is 21.2. The molecule has 0 atom stereocenters. The molecule has 0 rings (SSSR count). The monoisotopic (exact) mass is 745 g/mol. The van der Waals surface area contributed by atoms with Gasteiger partial charge in [0.15, 0.2) is 0 Å². The quantitative estimate of drug-likeness (QED) is 0.0466. The Morgan fingerprint density at radius 1 is 0.538 bits per heavy atom. The van der Waals surface area contributed by atoms with Gasteiger partial charge in [0.25, 0.3) is 0 Å². The van der Waals surface area contributed by atoms with Crippen molar-refractivity contribution in [2.75, 3.05) is 72.4 Å². The van der Waals surface area contributed by atoms with Crippen molar-refractivity contribution in [3.05, 3.63) is 0 Å². The lowest BCUT2D eigenvalue weighted by atomic mass is 9.95. The number of amides is 1. The predicted octanol–water partition coefficient (Wildman–Crippen LogP) is 9.22. The molecule has 308 valence electrons. The van der Waals surface area contributed by atoms with Gasteiger partial charge >= 0.3 is 12.3 Å². The van der Waals surface area contributed by atoms with Gasteiger partial charge in [-0.2, -0.15) is 0 Å². The van der Waals surface area contributed by atoms with Gasteiger partial charge in [-0.15, -0.1) is 0 Å². The third-order valence-corrected chi connectivity index (χ3v) is 9.45. The summed E-state index contributed by atoms with van der Waals surface area (Å²) >= 11 is 0. The molecular formula is C41H80N2O9. The molecule has 0 aliphatic heterocycles. The summed E-state index contributed by atoms with van der Waals surface area (Å²) in [6.07, 6.45) is 22.3. The van der Waals surface area contributed by atoms with E-state index < -0.39 is 12.3 Å². The summed E-state index contributed by atoms with van der Waals surface area (Å²) in [7, 11) is 0. The molecule has 0 aliphatic rings. The Hall–Kier alpha value is -2.11. The van der Waals surface area contributed by atoms with Gasteiger partial charge in [0, 0.05) is 32.6 Å². The Balaban J connectivity index is 4.89. The van der Waals surface area contributed by atoms with Crippen LogP contribution in [0, 0.1) is 11.8 Å². The van der Waals surface area contributed by atoms with Gasteiger partial charge in [-0.1, -0.05) is 130 Å². The number of unbranched alkanes of at least 4 members (excludes halogenated alkanes) is 12. The van der Waals surface area contributed by atoms with E-state index in [4.69, 9.17) is 28.8 Å². The van der Waals surface area contributed by atoms with Crippen LogP contribution in [0.1, 0.15) is 163 Å². The second kappa shape index (κ2) is 38.6. The molecular weight excluding hydrogens is 664 g/mol. The normalized spacial score (nSPS) is 11.4. The Kier molecular flexibility index (Phi) is 37.0. The van der Waals surface area contributed by atoms with Gasteiger partial charge in [0.2, 0.25) is 5.91 Å². The van der Waals surface area contributed by atoms with Crippen molar-refractivity contribution in [3.8, 4) is 0 Å². The number of hydrogen-bond acceptors (Lipinski definition) is 10. The van der Waals surface area contributed by atoms with Crippen molar-refractivity contribution in [3.63, 3.8) is 0 Å². The molecule has 0 saturated carbocycles. The Morgan fingerprint density at radius 3 is 1.35 bits per heavy atom. The number of hydrogen-bond donors (Lipinski definition) is 2. The number of ether oxygens (including phenoxy) is 5. The molecule has 2 N–H and O–H groups in total. The van der Waals surface area contributed by atoms with E-state index in [0.29, 0.717) is 51.2 Å². The highest BCUT2D eigenvalue weighted by molar-refractivity contribution is 5.75. The molecule has 0 aliphatic carbocycles. The molecule has 1 amide bonds. The minimum absolute atomic E-state index is 0.0842. The molecule has 0 heterocycles. The highest BCUT2D eigenvalue weighted by Crippen LogP contribution is 2.20. The molecule has 0 saturated heterocycles. The van der Waals surface area contributed by atoms with Crippen LogP contribution in [0.4, 0.5) is 9.59 Å². The van der Waals surface area contributed by atoms with Crippen molar-refractivity contribution in [1.82, 2.24) is 10.2 Å². The van der Waals surface area contributed by atoms with E-state index in [0.717, 1.165) is 51.4 Å². The summed E-state index contributed by atoms with van der Waals surface area (Å²) in [6.45, 7) is 11.8. The van der Waals surface area contributed by atoms with Crippen LogP contribution in [0.5, 0.6) is 0 Å². The molecule has 52 heavy (non-hydrogen) atoms. The molecule has 0 bridgehead atoms. The Bertz CT molecular complexity index is 743. The molecule has 0 unspecified atom stereocenters. The first kappa shape index (κ1) is 49.9. The van der Waals surface area contributed by atoms with E-state index >= 15 is 0 Å².